The first kappa shape index (κ1) is 13.3. The molecule has 0 amide bonds. The van der Waals surface area contributed by atoms with Gasteiger partial charge in [0.15, 0.2) is 5.78 Å². The third-order valence-corrected chi connectivity index (χ3v) is 3.00. The van der Waals surface area contributed by atoms with Crippen molar-refractivity contribution >= 4 is 5.78 Å². The summed E-state index contributed by atoms with van der Waals surface area (Å²) in [5.41, 5.74) is 0.692. The lowest BCUT2D eigenvalue weighted by molar-refractivity contribution is 0.0971. The Balaban J connectivity index is 2.09. The highest BCUT2D eigenvalue weighted by Crippen LogP contribution is 2.13. The summed E-state index contributed by atoms with van der Waals surface area (Å²) >= 11 is 0. The van der Waals surface area contributed by atoms with Crippen molar-refractivity contribution in [3.8, 4) is 5.75 Å². The molecule has 0 radical (unpaired) electrons. The predicted molar refractivity (Wildman–Crippen MR) is 73.5 cm³/mol. The maximum Gasteiger partial charge on any atom is 0.182 e. The quantitative estimate of drug-likeness (QED) is 0.748. The number of benzene rings is 1. The molecule has 1 aromatic carbocycles. The Hall–Kier alpha value is -2.10. The molecule has 0 spiro atoms. The van der Waals surface area contributed by atoms with Gasteiger partial charge in [-0.2, -0.15) is 0 Å². The number of rotatable bonds is 6. The molecule has 2 rings (SSSR count). The highest BCUT2D eigenvalue weighted by atomic mass is 16.5. The van der Waals surface area contributed by atoms with Crippen molar-refractivity contribution in [1.82, 2.24) is 9.55 Å². The van der Waals surface area contributed by atoms with Crippen LogP contribution in [-0.2, 0) is 13.0 Å². The van der Waals surface area contributed by atoms with E-state index in [9.17, 15) is 4.79 Å². The van der Waals surface area contributed by atoms with Crippen LogP contribution in [-0.4, -0.2) is 22.4 Å². The van der Waals surface area contributed by atoms with Gasteiger partial charge in [0.25, 0.3) is 0 Å². The number of hydrogen-bond acceptors (Lipinski definition) is 3. The molecule has 0 unspecified atom stereocenters. The number of ketones is 1. The highest BCUT2D eigenvalue weighted by Gasteiger charge is 2.09. The summed E-state index contributed by atoms with van der Waals surface area (Å²) in [6, 6.07) is 7.18. The van der Waals surface area contributed by atoms with E-state index in [2.05, 4.69) is 11.9 Å². The van der Waals surface area contributed by atoms with Gasteiger partial charge in [0, 0.05) is 24.4 Å². The van der Waals surface area contributed by atoms with Crippen molar-refractivity contribution in [3.63, 3.8) is 0 Å². The summed E-state index contributed by atoms with van der Waals surface area (Å²) < 4.78 is 6.99. The van der Waals surface area contributed by atoms with Crippen LogP contribution in [0.15, 0.2) is 36.7 Å². The van der Waals surface area contributed by atoms with Gasteiger partial charge in [-0.05, 0) is 30.7 Å². The second-order valence-corrected chi connectivity index (χ2v) is 4.37. The second kappa shape index (κ2) is 6.18. The number of hydrogen-bond donors (Lipinski definition) is 0. The van der Waals surface area contributed by atoms with E-state index in [4.69, 9.17) is 4.74 Å². The van der Waals surface area contributed by atoms with Crippen molar-refractivity contribution in [3.05, 3.63) is 48.0 Å². The average molecular weight is 258 g/mol. The van der Waals surface area contributed by atoms with E-state index in [0.29, 0.717) is 12.1 Å². The van der Waals surface area contributed by atoms with Gasteiger partial charge >= 0.3 is 0 Å². The summed E-state index contributed by atoms with van der Waals surface area (Å²) in [5, 5.41) is 0. The molecule has 0 aliphatic carbocycles. The first-order valence-corrected chi connectivity index (χ1v) is 6.42. The monoisotopic (exact) mass is 258 g/mol. The molecule has 1 heterocycles. The maximum atomic E-state index is 12.2. The minimum absolute atomic E-state index is 0.0815. The number of Topliss-reactive ketones (excluding diaryl/α,β-unsaturated/α-hetero) is 1. The molecule has 0 saturated heterocycles. The van der Waals surface area contributed by atoms with Crippen LogP contribution in [0.5, 0.6) is 5.75 Å². The Kier molecular flexibility index (Phi) is 4.34. The van der Waals surface area contributed by atoms with Gasteiger partial charge in [-0.1, -0.05) is 6.92 Å². The summed E-state index contributed by atoms with van der Waals surface area (Å²) in [5.74, 6) is 1.80. The number of methoxy groups -OCH3 is 1. The lowest BCUT2D eigenvalue weighted by Gasteiger charge is -2.07. The minimum atomic E-state index is 0.0815. The van der Waals surface area contributed by atoms with Crippen molar-refractivity contribution in [2.75, 3.05) is 7.11 Å². The molecule has 0 fully saturated rings. The zero-order valence-electron chi connectivity index (χ0n) is 11.3. The van der Waals surface area contributed by atoms with E-state index >= 15 is 0 Å². The molecule has 4 heteroatoms. The molecule has 0 aliphatic heterocycles. The van der Waals surface area contributed by atoms with Crippen LogP contribution < -0.4 is 4.74 Å². The molecular formula is C15H18N2O2. The van der Waals surface area contributed by atoms with Gasteiger partial charge in [0.05, 0.1) is 13.7 Å². The summed E-state index contributed by atoms with van der Waals surface area (Å²) in [7, 11) is 1.61. The molecule has 0 aliphatic rings. The highest BCUT2D eigenvalue weighted by molar-refractivity contribution is 5.96. The van der Waals surface area contributed by atoms with E-state index < -0.39 is 0 Å². The van der Waals surface area contributed by atoms with Crippen molar-refractivity contribution < 1.29 is 9.53 Å². The SMILES string of the molecule is CCCc1nccn1CC(=O)c1ccc(OC)cc1. The zero-order chi connectivity index (χ0) is 13.7. The second-order valence-electron chi connectivity index (χ2n) is 4.37. The normalized spacial score (nSPS) is 10.4. The first-order valence-electron chi connectivity index (χ1n) is 6.42. The number of carbonyl (C=O) groups is 1. The molecule has 0 N–H and O–H groups in total. The number of aryl methyl sites for hydroxylation is 1. The summed E-state index contributed by atoms with van der Waals surface area (Å²) in [6.45, 7) is 2.44. The molecular weight excluding hydrogens is 240 g/mol. The van der Waals surface area contributed by atoms with Gasteiger partial charge in [0.1, 0.15) is 11.6 Å². The minimum Gasteiger partial charge on any atom is -0.497 e. The van der Waals surface area contributed by atoms with Crippen molar-refractivity contribution in [2.45, 2.75) is 26.3 Å². The van der Waals surface area contributed by atoms with Gasteiger partial charge in [-0.25, -0.2) is 4.98 Å². The molecule has 19 heavy (non-hydrogen) atoms. The first-order chi connectivity index (χ1) is 9.24. The molecule has 100 valence electrons. The Labute approximate surface area is 113 Å². The lowest BCUT2D eigenvalue weighted by atomic mass is 10.1. The third-order valence-electron chi connectivity index (χ3n) is 3.00. The zero-order valence-corrected chi connectivity index (χ0v) is 11.3. The number of nitrogens with zero attached hydrogens (tertiary/aromatic N) is 2. The van der Waals surface area contributed by atoms with Crippen LogP contribution >= 0.6 is 0 Å². The van der Waals surface area contributed by atoms with Gasteiger partial charge < -0.3 is 9.30 Å². The Morgan fingerprint density at radius 1 is 1.32 bits per heavy atom. The lowest BCUT2D eigenvalue weighted by Crippen LogP contribution is -2.12. The van der Waals surface area contributed by atoms with E-state index in [1.807, 2.05) is 10.8 Å². The third kappa shape index (κ3) is 3.22. The van der Waals surface area contributed by atoms with Gasteiger partial charge in [0.2, 0.25) is 0 Å². The standard InChI is InChI=1S/C15H18N2O2/c1-3-4-15-16-9-10-17(15)11-14(18)12-5-7-13(19-2)8-6-12/h5-10H,3-4,11H2,1-2H3. The smallest absolute Gasteiger partial charge is 0.182 e. The number of ether oxygens (including phenoxy) is 1. The van der Waals surface area contributed by atoms with Crippen LogP contribution in [0.2, 0.25) is 0 Å². The van der Waals surface area contributed by atoms with Crippen LogP contribution in [0.25, 0.3) is 0 Å². The van der Waals surface area contributed by atoms with Crippen LogP contribution in [0.3, 0.4) is 0 Å². The number of aromatic nitrogens is 2. The number of imidazole rings is 1. The van der Waals surface area contributed by atoms with Crippen LogP contribution in [0.4, 0.5) is 0 Å². The largest absolute Gasteiger partial charge is 0.497 e. The van der Waals surface area contributed by atoms with E-state index in [1.165, 1.54) is 0 Å². The Morgan fingerprint density at radius 3 is 2.68 bits per heavy atom. The van der Waals surface area contributed by atoms with E-state index in [-0.39, 0.29) is 5.78 Å². The molecule has 4 nitrogen and oxygen atoms in total. The number of carbonyl (C=O) groups excluding carboxylic acids is 1. The van der Waals surface area contributed by atoms with Crippen molar-refractivity contribution in [1.29, 1.82) is 0 Å². The molecule has 0 atom stereocenters. The molecule has 0 saturated carbocycles. The topological polar surface area (TPSA) is 44.1 Å². The fraction of sp³-hybridized carbons (Fsp3) is 0.333. The fourth-order valence-corrected chi connectivity index (χ4v) is 1.96. The van der Waals surface area contributed by atoms with E-state index in [1.54, 1.807) is 37.6 Å². The van der Waals surface area contributed by atoms with Gasteiger partial charge in [-0.3, -0.25) is 4.79 Å². The maximum absolute atomic E-state index is 12.2. The Morgan fingerprint density at radius 2 is 2.05 bits per heavy atom. The summed E-state index contributed by atoms with van der Waals surface area (Å²) in [4.78, 5) is 16.4. The fourth-order valence-electron chi connectivity index (χ4n) is 1.96. The molecule has 0 bridgehead atoms. The van der Waals surface area contributed by atoms with Crippen LogP contribution in [0, 0.1) is 0 Å². The summed E-state index contributed by atoms with van der Waals surface area (Å²) in [6.07, 6.45) is 5.51. The average Bonchev–Trinajstić information content (AvgIpc) is 2.86. The Bertz CT molecular complexity index is 544. The molecule has 1 aromatic heterocycles. The van der Waals surface area contributed by atoms with Crippen LogP contribution in [0.1, 0.15) is 29.5 Å². The van der Waals surface area contributed by atoms with Crippen molar-refractivity contribution in [2.24, 2.45) is 0 Å². The van der Waals surface area contributed by atoms with E-state index in [0.717, 1.165) is 24.4 Å². The predicted octanol–water partition coefficient (Wildman–Crippen LogP) is 2.73. The molecule has 2 aromatic rings. The van der Waals surface area contributed by atoms with Gasteiger partial charge in [-0.15, -0.1) is 0 Å².